The lowest BCUT2D eigenvalue weighted by Gasteiger charge is -2.03. The second-order valence-electron chi connectivity index (χ2n) is 3.71. The second-order valence-corrected chi connectivity index (χ2v) is 3.71. The Kier molecular flexibility index (Phi) is 3.18. The van der Waals surface area contributed by atoms with Crippen LogP contribution in [-0.2, 0) is 6.54 Å². The first-order valence-electron chi connectivity index (χ1n) is 5.15. The Morgan fingerprint density at radius 2 is 2.11 bits per heavy atom. The van der Waals surface area contributed by atoms with Crippen LogP contribution in [0.5, 0.6) is 0 Å². The van der Waals surface area contributed by atoms with Crippen molar-refractivity contribution in [3.63, 3.8) is 0 Å². The van der Waals surface area contributed by atoms with Crippen molar-refractivity contribution in [2.75, 3.05) is 0 Å². The second kappa shape index (κ2) is 4.79. The highest BCUT2D eigenvalue weighted by Crippen LogP contribution is 2.18. The normalized spacial score (nSPS) is 10.3. The number of aromatic nitrogens is 1. The number of nitrogens with zero attached hydrogens (tertiary/aromatic N) is 2. The molecule has 18 heavy (non-hydrogen) atoms. The van der Waals surface area contributed by atoms with E-state index in [1.165, 1.54) is 34.9 Å². The van der Waals surface area contributed by atoms with Gasteiger partial charge >= 0.3 is 5.82 Å². The SMILES string of the molecule is O=Cc1ccc([N+](=O)[O-])n1Cc1cccc(F)c1. The Labute approximate surface area is 102 Å². The molecule has 2 rings (SSSR count). The number of aldehydes is 1. The molecular formula is C12H9FN2O3. The van der Waals surface area contributed by atoms with Gasteiger partial charge in [-0.25, -0.2) is 8.96 Å². The molecule has 5 nitrogen and oxygen atoms in total. The molecule has 0 aliphatic carbocycles. The molecule has 0 aliphatic rings. The number of carbonyl (C=O) groups is 1. The summed E-state index contributed by atoms with van der Waals surface area (Å²) in [6.45, 7) is 0.0785. The molecule has 0 spiro atoms. The summed E-state index contributed by atoms with van der Waals surface area (Å²) in [7, 11) is 0. The molecule has 92 valence electrons. The molecule has 1 aromatic carbocycles. The van der Waals surface area contributed by atoms with Crippen molar-refractivity contribution in [2.45, 2.75) is 6.54 Å². The average Bonchev–Trinajstić information content (AvgIpc) is 2.72. The lowest BCUT2D eigenvalue weighted by atomic mass is 10.2. The van der Waals surface area contributed by atoms with Crippen molar-refractivity contribution in [1.82, 2.24) is 4.57 Å². The summed E-state index contributed by atoms with van der Waals surface area (Å²) in [4.78, 5) is 21.0. The standard InChI is InChI=1S/C12H9FN2O3/c13-10-3-1-2-9(6-10)7-14-11(8-16)4-5-12(14)15(17)18/h1-6,8H,7H2. The molecule has 0 bridgehead atoms. The van der Waals surface area contributed by atoms with E-state index in [1.807, 2.05) is 0 Å². The van der Waals surface area contributed by atoms with E-state index in [9.17, 15) is 19.3 Å². The maximum absolute atomic E-state index is 13.0. The van der Waals surface area contributed by atoms with Crippen molar-refractivity contribution < 1.29 is 14.1 Å². The van der Waals surface area contributed by atoms with E-state index in [0.717, 1.165) is 0 Å². The summed E-state index contributed by atoms with van der Waals surface area (Å²) in [5, 5.41) is 10.8. The van der Waals surface area contributed by atoms with Gasteiger partial charge in [0.25, 0.3) is 0 Å². The quantitative estimate of drug-likeness (QED) is 0.474. The van der Waals surface area contributed by atoms with Crippen LogP contribution in [0, 0.1) is 15.9 Å². The Bertz CT molecular complexity index is 607. The monoisotopic (exact) mass is 248 g/mol. The van der Waals surface area contributed by atoms with Gasteiger partial charge in [-0.2, -0.15) is 0 Å². The molecule has 0 aliphatic heterocycles. The molecule has 1 heterocycles. The molecule has 0 atom stereocenters. The number of carbonyl (C=O) groups excluding carboxylic acids is 1. The van der Waals surface area contributed by atoms with E-state index in [4.69, 9.17) is 0 Å². The molecule has 0 saturated carbocycles. The van der Waals surface area contributed by atoms with E-state index in [1.54, 1.807) is 6.07 Å². The highest BCUT2D eigenvalue weighted by Gasteiger charge is 2.18. The Balaban J connectivity index is 2.41. The van der Waals surface area contributed by atoms with Crippen LogP contribution in [0.2, 0.25) is 0 Å². The van der Waals surface area contributed by atoms with Crippen molar-refractivity contribution >= 4 is 12.1 Å². The van der Waals surface area contributed by atoms with Crippen LogP contribution < -0.4 is 0 Å². The topological polar surface area (TPSA) is 65.1 Å². The third kappa shape index (κ3) is 2.27. The van der Waals surface area contributed by atoms with Crippen molar-refractivity contribution in [1.29, 1.82) is 0 Å². The average molecular weight is 248 g/mol. The highest BCUT2D eigenvalue weighted by molar-refractivity contribution is 5.73. The Morgan fingerprint density at radius 3 is 2.72 bits per heavy atom. The number of hydrogen-bond acceptors (Lipinski definition) is 3. The minimum atomic E-state index is -0.577. The summed E-state index contributed by atoms with van der Waals surface area (Å²) < 4.78 is 14.3. The van der Waals surface area contributed by atoms with Crippen LogP contribution in [0.4, 0.5) is 10.2 Å². The molecule has 0 saturated heterocycles. The number of halogens is 1. The number of benzene rings is 1. The summed E-state index contributed by atoms with van der Waals surface area (Å²) in [5.41, 5.74) is 0.739. The predicted octanol–water partition coefficient (Wildman–Crippen LogP) is 2.40. The van der Waals surface area contributed by atoms with Gasteiger partial charge in [-0.15, -0.1) is 0 Å². The van der Waals surface area contributed by atoms with Crippen LogP contribution in [0.3, 0.4) is 0 Å². The number of hydrogen-bond donors (Lipinski definition) is 0. The summed E-state index contributed by atoms with van der Waals surface area (Å²) in [6.07, 6.45) is 0.534. The van der Waals surface area contributed by atoms with Gasteiger partial charge in [0.1, 0.15) is 12.4 Å². The summed E-state index contributed by atoms with van der Waals surface area (Å²) >= 11 is 0. The van der Waals surface area contributed by atoms with Gasteiger partial charge in [-0.1, -0.05) is 12.1 Å². The Morgan fingerprint density at radius 1 is 1.33 bits per heavy atom. The summed E-state index contributed by atoms with van der Waals surface area (Å²) in [6, 6.07) is 8.34. The first-order chi connectivity index (χ1) is 8.61. The maximum atomic E-state index is 13.0. The third-order valence-electron chi connectivity index (χ3n) is 2.53. The van der Waals surface area contributed by atoms with E-state index in [2.05, 4.69) is 0 Å². The molecule has 0 radical (unpaired) electrons. The number of nitro groups is 1. The van der Waals surface area contributed by atoms with Gasteiger partial charge in [-0.3, -0.25) is 4.79 Å². The van der Waals surface area contributed by atoms with Crippen molar-refractivity contribution in [3.05, 3.63) is 63.6 Å². The fraction of sp³-hybridized carbons (Fsp3) is 0.0833. The molecule has 1 aromatic heterocycles. The fourth-order valence-electron chi connectivity index (χ4n) is 1.72. The lowest BCUT2D eigenvalue weighted by Crippen LogP contribution is -2.07. The van der Waals surface area contributed by atoms with Gasteiger partial charge in [0, 0.05) is 6.07 Å². The predicted molar refractivity (Wildman–Crippen MR) is 62.0 cm³/mol. The largest absolute Gasteiger partial charge is 0.358 e. The zero-order chi connectivity index (χ0) is 13.1. The van der Waals surface area contributed by atoms with Crippen LogP contribution in [0.15, 0.2) is 36.4 Å². The molecule has 0 fully saturated rings. The molecule has 6 heteroatoms. The molecule has 2 aromatic rings. The van der Waals surface area contributed by atoms with Crippen molar-refractivity contribution in [3.8, 4) is 0 Å². The maximum Gasteiger partial charge on any atom is 0.323 e. The zero-order valence-electron chi connectivity index (χ0n) is 9.25. The van der Waals surface area contributed by atoms with E-state index < -0.39 is 10.7 Å². The smallest absolute Gasteiger partial charge is 0.323 e. The lowest BCUT2D eigenvalue weighted by molar-refractivity contribution is -0.392. The van der Waals surface area contributed by atoms with E-state index in [0.29, 0.717) is 11.8 Å². The third-order valence-corrected chi connectivity index (χ3v) is 2.53. The first-order valence-corrected chi connectivity index (χ1v) is 5.15. The summed E-state index contributed by atoms with van der Waals surface area (Å²) in [5.74, 6) is -0.615. The Hall–Kier alpha value is -2.50. The van der Waals surface area contributed by atoms with Crippen LogP contribution >= 0.6 is 0 Å². The van der Waals surface area contributed by atoms with Crippen LogP contribution in [0.25, 0.3) is 0 Å². The van der Waals surface area contributed by atoms with Gasteiger partial charge in [0.15, 0.2) is 12.0 Å². The zero-order valence-corrected chi connectivity index (χ0v) is 9.25. The van der Waals surface area contributed by atoms with Gasteiger partial charge in [0.2, 0.25) is 0 Å². The van der Waals surface area contributed by atoms with Gasteiger partial charge in [0.05, 0.1) is 0 Å². The molecule has 0 unspecified atom stereocenters. The van der Waals surface area contributed by atoms with E-state index in [-0.39, 0.29) is 18.1 Å². The van der Waals surface area contributed by atoms with E-state index >= 15 is 0 Å². The minimum absolute atomic E-state index is 0.0785. The fourth-order valence-corrected chi connectivity index (χ4v) is 1.72. The number of rotatable bonds is 4. The first kappa shape index (κ1) is 12.0. The van der Waals surface area contributed by atoms with Gasteiger partial charge < -0.3 is 10.1 Å². The van der Waals surface area contributed by atoms with Crippen LogP contribution in [-0.4, -0.2) is 15.8 Å². The van der Waals surface area contributed by atoms with Crippen LogP contribution in [0.1, 0.15) is 16.1 Å². The van der Waals surface area contributed by atoms with Crippen molar-refractivity contribution in [2.24, 2.45) is 0 Å². The van der Waals surface area contributed by atoms with Gasteiger partial charge in [-0.05, 0) is 28.7 Å². The minimum Gasteiger partial charge on any atom is -0.358 e. The molecule has 0 N–H and O–H groups in total. The molecule has 0 amide bonds. The highest BCUT2D eigenvalue weighted by atomic mass is 19.1. The molecular weight excluding hydrogens is 239 g/mol.